The molecule has 0 bridgehead atoms. The van der Waals surface area contributed by atoms with Crippen LogP contribution >= 0.6 is 0 Å². The maximum absolute atomic E-state index is 14.3. The Morgan fingerprint density at radius 2 is 1.80 bits per heavy atom. The SMILES string of the molecule is COCC(=O)N1CCCN(C2CCOCC2)CCN(C(=O)c2c(C)oc3ccc(OC)cc23)Cc2ccccc21. The topological polar surface area (TPSA) is 84.7 Å². The van der Waals surface area contributed by atoms with Gasteiger partial charge in [0.1, 0.15) is 23.7 Å². The van der Waals surface area contributed by atoms with E-state index in [9.17, 15) is 9.59 Å². The first-order valence-corrected chi connectivity index (χ1v) is 14.1. The number of anilines is 1. The molecule has 0 spiro atoms. The monoisotopic (exact) mass is 549 g/mol. The summed E-state index contributed by atoms with van der Waals surface area (Å²) in [5, 5.41) is 0.739. The van der Waals surface area contributed by atoms with Crippen molar-refractivity contribution in [1.82, 2.24) is 9.80 Å². The van der Waals surface area contributed by atoms with Crippen LogP contribution < -0.4 is 9.64 Å². The molecule has 214 valence electrons. The quantitative estimate of drug-likeness (QED) is 0.470. The number of methoxy groups -OCH3 is 2. The van der Waals surface area contributed by atoms with Crippen LogP contribution in [0.4, 0.5) is 5.69 Å². The number of ether oxygens (including phenoxy) is 3. The van der Waals surface area contributed by atoms with Gasteiger partial charge in [0.2, 0.25) is 0 Å². The number of amides is 2. The van der Waals surface area contributed by atoms with Crippen LogP contribution in [0.1, 0.15) is 40.9 Å². The van der Waals surface area contributed by atoms with Gasteiger partial charge < -0.3 is 28.4 Å². The van der Waals surface area contributed by atoms with E-state index in [4.69, 9.17) is 18.6 Å². The zero-order valence-corrected chi connectivity index (χ0v) is 23.7. The number of aryl methyl sites for hydroxylation is 1. The number of nitrogens with zero attached hydrogens (tertiary/aromatic N) is 3. The molecule has 0 N–H and O–H groups in total. The predicted octanol–water partition coefficient (Wildman–Crippen LogP) is 4.26. The first kappa shape index (κ1) is 28.1. The molecule has 0 atom stereocenters. The van der Waals surface area contributed by atoms with Crippen molar-refractivity contribution in [2.24, 2.45) is 0 Å². The smallest absolute Gasteiger partial charge is 0.258 e. The van der Waals surface area contributed by atoms with Crippen molar-refractivity contribution in [2.45, 2.75) is 38.8 Å². The number of hydrogen-bond donors (Lipinski definition) is 0. The summed E-state index contributed by atoms with van der Waals surface area (Å²) in [5.41, 5.74) is 2.94. The third-order valence-corrected chi connectivity index (χ3v) is 7.98. The summed E-state index contributed by atoms with van der Waals surface area (Å²) in [6, 6.07) is 13.8. The Kier molecular flexibility index (Phi) is 9.04. The van der Waals surface area contributed by atoms with Crippen LogP contribution in [0.2, 0.25) is 0 Å². The van der Waals surface area contributed by atoms with Gasteiger partial charge in [-0.25, -0.2) is 0 Å². The van der Waals surface area contributed by atoms with E-state index in [0.717, 1.165) is 62.2 Å². The minimum absolute atomic E-state index is 0.00267. The van der Waals surface area contributed by atoms with Crippen LogP contribution in [0.5, 0.6) is 5.75 Å². The van der Waals surface area contributed by atoms with Gasteiger partial charge in [0, 0.05) is 70.2 Å². The van der Waals surface area contributed by atoms with Crippen LogP contribution in [-0.2, 0) is 20.8 Å². The fraction of sp³-hybridized carbons (Fsp3) is 0.484. The molecule has 2 aromatic carbocycles. The second-order valence-electron chi connectivity index (χ2n) is 10.5. The number of para-hydroxylation sites is 1. The first-order chi connectivity index (χ1) is 19.5. The Balaban J connectivity index is 1.54. The lowest BCUT2D eigenvalue weighted by Crippen LogP contribution is -2.45. The number of carbonyl (C=O) groups excluding carboxylic acids is 2. The third-order valence-electron chi connectivity index (χ3n) is 7.98. The minimum Gasteiger partial charge on any atom is -0.497 e. The molecule has 1 aromatic heterocycles. The van der Waals surface area contributed by atoms with Crippen LogP contribution in [-0.4, -0.2) is 87.9 Å². The fourth-order valence-electron chi connectivity index (χ4n) is 5.91. The van der Waals surface area contributed by atoms with Crippen molar-refractivity contribution in [1.29, 1.82) is 0 Å². The maximum atomic E-state index is 14.3. The lowest BCUT2D eigenvalue weighted by Gasteiger charge is -2.35. The van der Waals surface area contributed by atoms with E-state index in [-0.39, 0.29) is 18.4 Å². The number of hydrogen-bond acceptors (Lipinski definition) is 7. The van der Waals surface area contributed by atoms with Crippen molar-refractivity contribution in [3.63, 3.8) is 0 Å². The molecule has 1 fully saturated rings. The molecule has 3 aromatic rings. The van der Waals surface area contributed by atoms with Crippen molar-refractivity contribution in [2.75, 3.05) is 65.1 Å². The van der Waals surface area contributed by atoms with Gasteiger partial charge in [-0.2, -0.15) is 0 Å². The van der Waals surface area contributed by atoms with Gasteiger partial charge >= 0.3 is 0 Å². The zero-order valence-electron chi connectivity index (χ0n) is 23.7. The predicted molar refractivity (Wildman–Crippen MR) is 153 cm³/mol. The molecular weight excluding hydrogens is 510 g/mol. The summed E-state index contributed by atoms with van der Waals surface area (Å²) in [5.74, 6) is 1.06. The van der Waals surface area contributed by atoms with Gasteiger partial charge in [0.25, 0.3) is 11.8 Å². The van der Waals surface area contributed by atoms with Gasteiger partial charge in [-0.15, -0.1) is 0 Å². The number of rotatable bonds is 5. The Labute approximate surface area is 235 Å². The summed E-state index contributed by atoms with van der Waals surface area (Å²) < 4.78 is 22.3. The van der Waals surface area contributed by atoms with Crippen molar-refractivity contribution in [3.05, 3.63) is 59.4 Å². The number of carbonyl (C=O) groups is 2. The van der Waals surface area contributed by atoms with E-state index in [1.54, 1.807) is 7.11 Å². The lowest BCUT2D eigenvalue weighted by atomic mass is 10.1. The zero-order chi connectivity index (χ0) is 28.1. The van der Waals surface area contributed by atoms with Crippen LogP contribution in [0.25, 0.3) is 11.0 Å². The molecule has 2 aliphatic rings. The van der Waals surface area contributed by atoms with E-state index >= 15 is 0 Å². The average molecular weight is 550 g/mol. The highest BCUT2D eigenvalue weighted by atomic mass is 16.5. The Hall–Kier alpha value is -3.40. The molecule has 2 aliphatic heterocycles. The van der Waals surface area contributed by atoms with E-state index in [1.807, 2.05) is 59.2 Å². The Morgan fingerprint density at radius 3 is 2.58 bits per heavy atom. The number of benzene rings is 2. The summed E-state index contributed by atoms with van der Waals surface area (Å²) in [6.07, 6.45) is 2.75. The first-order valence-electron chi connectivity index (χ1n) is 14.1. The molecule has 5 rings (SSSR count). The van der Waals surface area contributed by atoms with E-state index in [1.165, 1.54) is 7.11 Å². The van der Waals surface area contributed by atoms with Crippen LogP contribution in [0.3, 0.4) is 0 Å². The highest BCUT2D eigenvalue weighted by molar-refractivity contribution is 6.07. The molecule has 2 amide bonds. The van der Waals surface area contributed by atoms with Gasteiger partial charge in [0.05, 0.1) is 12.7 Å². The highest BCUT2D eigenvalue weighted by Gasteiger charge is 2.29. The average Bonchev–Trinajstić information content (AvgIpc) is 3.29. The van der Waals surface area contributed by atoms with Gasteiger partial charge in [-0.05, 0) is 56.0 Å². The van der Waals surface area contributed by atoms with Gasteiger partial charge in [-0.3, -0.25) is 14.5 Å². The Bertz CT molecular complexity index is 1330. The largest absolute Gasteiger partial charge is 0.497 e. The summed E-state index contributed by atoms with van der Waals surface area (Å²) in [6.45, 7) is 6.39. The molecule has 1 saturated heterocycles. The second kappa shape index (κ2) is 12.8. The third kappa shape index (κ3) is 6.01. The minimum atomic E-state index is -0.0970. The van der Waals surface area contributed by atoms with E-state index in [0.29, 0.717) is 48.3 Å². The molecule has 40 heavy (non-hydrogen) atoms. The second-order valence-corrected chi connectivity index (χ2v) is 10.5. The normalized spacial score (nSPS) is 17.9. The van der Waals surface area contributed by atoms with E-state index in [2.05, 4.69) is 4.90 Å². The van der Waals surface area contributed by atoms with Gasteiger partial charge in [-0.1, -0.05) is 18.2 Å². The number of fused-ring (bicyclic) bond motifs is 2. The standard InChI is InChI=1S/C31H39N3O6/c1-22-30(26-19-25(38-3)9-10-28(26)40-22)31(36)33-16-15-32(24-11-17-39-18-12-24)13-6-14-34(29(35)21-37-2)27-8-5-4-7-23(27)20-33/h4-5,7-10,19,24H,6,11-18,20-21H2,1-3H3. The summed E-state index contributed by atoms with van der Waals surface area (Å²) in [4.78, 5) is 33.7. The fourth-order valence-corrected chi connectivity index (χ4v) is 5.91. The van der Waals surface area contributed by atoms with Gasteiger partial charge in [0.15, 0.2) is 0 Å². The summed E-state index contributed by atoms with van der Waals surface area (Å²) in [7, 11) is 3.15. The molecule has 9 nitrogen and oxygen atoms in total. The molecule has 0 aliphatic carbocycles. The molecule has 0 saturated carbocycles. The molecule has 3 heterocycles. The summed E-state index contributed by atoms with van der Waals surface area (Å²) >= 11 is 0. The molecule has 0 radical (unpaired) electrons. The highest BCUT2D eigenvalue weighted by Crippen LogP contribution is 2.31. The number of furan rings is 1. The molecular formula is C31H39N3O6. The lowest BCUT2D eigenvalue weighted by molar-refractivity contribution is -0.122. The van der Waals surface area contributed by atoms with Crippen molar-refractivity contribution in [3.8, 4) is 5.75 Å². The van der Waals surface area contributed by atoms with E-state index < -0.39 is 0 Å². The Morgan fingerprint density at radius 1 is 1.00 bits per heavy atom. The van der Waals surface area contributed by atoms with Crippen molar-refractivity contribution < 1.29 is 28.2 Å². The molecule has 0 unspecified atom stereocenters. The van der Waals surface area contributed by atoms with Crippen LogP contribution in [0.15, 0.2) is 46.9 Å². The molecule has 9 heteroatoms. The maximum Gasteiger partial charge on any atom is 0.258 e. The van der Waals surface area contributed by atoms with Crippen molar-refractivity contribution >= 4 is 28.5 Å². The van der Waals surface area contributed by atoms with Crippen LogP contribution in [0, 0.1) is 6.92 Å².